The molecule has 0 spiro atoms. The number of rotatable bonds is 8. The molecule has 20 heavy (non-hydrogen) atoms. The zero-order valence-electron chi connectivity index (χ0n) is 13.3. The molecule has 1 atom stereocenters. The van der Waals surface area contributed by atoms with Gasteiger partial charge in [0.25, 0.3) is 5.97 Å². The molecule has 0 saturated carbocycles. The van der Waals surface area contributed by atoms with Gasteiger partial charge in [0, 0.05) is 0 Å². The Morgan fingerprint density at radius 3 is 2.30 bits per heavy atom. The molecule has 2 nitrogen and oxygen atoms in total. The van der Waals surface area contributed by atoms with Gasteiger partial charge in [0.15, 0.2) is 0 Å². The maximum atomic E-state index is 12.4. The molecule has 0 fully saturated rings. The Kier molecular flexibility index (Phi) is 7.00. The fraction of sp³-hybridized carbons (Fsp3) is 0.588. The molecule has 0 amide bonds. The van der Waals surface area contributed by atoms with Crippen molar-refractivity contribution in [1.82, 2.24) is 0 Å². The van der Waals surface area contributed by atoms with Crippen molar-refractivity contribution in [3.63, 3.8) is 0 Å². The fourth-order valence-electron chi connectivity index (χ4n) is 2.25. The Morgan fingerprint density at radius 1 is 1.10 bits per heavy atom. The van der Waals surface area contributed by atoms with Crippen LogP contribution < -0.4 is 0 Å². The number of carbonyl (C=O) groups excluding carboxylic acids is 1. The number of hydrogen-bond donors (Lipinski definition) is 0. The minimum absolute atomic E-state index is 0.0353. The average molecular weight is 292 g/mol. The molecule has 1 rings (SSSR count). The van der Waals surface area contributed by atoms with Crippen LogP contribution >= 0.6 is 0 Å². The first-order valence-corrected chi connectivity index (χ1v) is 11.1. The van der Waals surface area contributed by atoms with E-state index in [0.29, 0.717) is 0 Å². The molecule has 0 N–H and O–H groups in total. The molecule has 0 aliphatic carbocycles. The Hall–Kier alpha value is -1.09. The van der Waals surface area contributed by atoms with Crippen LogP contribution in [-0.2, 0) is 9.22 Å². The average Bonchev–Trinajstić information content (AvgIpc) is 2.37. The third-order valence-electron chi connectivity index (χ3n) is 3.24. The molecule has 0 bridgehead atoms. The minimum Gasteiger partial charge on any atom is -0.519 e. The van der Waals surface area contributed by atoms with Crippen molar-refractivity contribution in [2.45, 2.75) is 64.6 Å². The highest BCUT2D eigenvalue weighted by molar-refractivity contribution is 6.71. The van der Waals surface area contributed by atoms with Crippen molar-refractivity contribution >= 4 is 14.3 Å². The second-order valence-corrected chi connectivity index (χ2v) is 10.8. The van der Waals surface area contributed by atoms with Gasteiger partial charge < -0.3 is 4.43 Å². The summed E-state index contributed by atoms with van der Waals surface area (Å²) in [5.41, 5.74) is 1.09. The maximum absolute atomic E-state index is 12.4. The van der Waals surface area contributed by atoms with Gasteiger partial charge in [-0.1, -0.05) is 62.9 Å². The van der Waals surface area contributed by atoms with Gasteiger partial charge in [0.1, 0.15) is 0 Å². The lowest BCUT2D eigenvalue weighted by Gasteiger charge is -2.23. The lowest BCUT2D eigenvalue weighted by atomic mass is 9.93. The summed E-state index contributed by atoms with van der Waals surface area (Å²) in [6.07, 6.45) is 5.64. The van der Waals surface area contributed by atoms with Crippen molar-refractivity contribution in [2.24, 2.45) is 0 Å². The van der Waals surface area contributed by atoms with E-state index in [9.17, 15) is 4.79 Å². The van der Waals surface area contributed by atoms with Crippen molar-refractivity contribution in [3.8, 4) is 0 Å². The highest BCUT2D eigenvalue weighted by Gasteiger charge is 2.27. The quantitative estimate of drug-likeness (QED) is 0.491. The zero-order chi connectivity index (χ0) is 15.0. The molecule has 0 aliphatic rings. The molecule has 0 saturated heterocycles. The molecule has 0 aliphatic heterocycles. The predicted molar refractivity (Wildman–Crippen MR) is 87.4 cm³/mol. The summed E-state index contributed by atoms with van der Waals surface area (Å²) in [7, 11) is -1.82. The minimum atomic E-state index is -1.82. The Labute approximate surface area is 124 Å². The summed E-state index contributed by atoms with van der Waals surface area (Å²) < 4.78 is 5.71. The predicted octanol–water partition coefficient (Wildman–Crippen LogP) is 5.12. The molecule has 0 aromatic heterocycles. The van der Waals surface area contributed by atoms with Crippen molar-refractivity contribution < 1.29 is 9.22 Å². The van der Waals surface area contributed by atoms with E-state index in [1.807, 2.05) is 30.3 Å². The first-order chi connectivity index (χ1) is 9.44. The second-order valence-electron chi connectivity index (χ2n) is 6.35. The molecule has 1 aromatic rings. The number of unbranched alkanes of at least 4 members (excludes halogenated alkanes) is 3. The Morgan fingerprint density at radius 2 is 1.75 bits per heavy atom. The highest BCUT2D eigenvalue weighted by atomic mass is 28.4. The van der Waals surface area contributed by atoms with Crippen LogP contribution in [0.3, 0.4) is 0 Å². The summed E-state index contributed by atoms with van der Waals surface area (Å²) in [5, 5.41) is 0. The first kappa shape index (κ1) is 17.0. The van der Waals surface area contributed by atoms with Crippen LogP contribution in [0, 0.1) is 0 Å². The maximum Gasteiger partial charge on any atom is 0.300 e. The van der Waals surface area contributed by atoms with Gasteiger partial charge in [-0.3, -0.25) is 4.79 Å². The monoisotopic (exact) mass is 292 g/mol. The van der Waals surface area contributed by atoms with E-state index in [-0.39, 0.29) is 11.9 Å². The molecule has 0 radical (unpaired) electrons. The topological polar surface area (TPSA) is 26.3 Å². The van der Waals surface area contributed by atoms with Crippen molar-refractivity contribution in [2.75, 3.05) is 0 Å². The van der Waals surface area contributed by atoms with Crippen LogP contribution in [0.5, 0.6) is 0 Å². The van der Waals surface area contributed by atoms with Gasteiger partial charge in [-0.05, 0) is 31.6 Å². The summed E-state index contributed by atoms with van der Waals surface area (Å²) in [6.45, 7) is 8.38. The van der Waals surface area contributed by atoms with E-state index in [0.717, 1.165) is 18.4 Å². The number of benzene rings is 1. The van der Waals surface area contributed by atoms with Crippen LogP contribution in [-0.4, -0.2) is 14.3 Å². The molecule has 1 aromatic carbocycles. The van der Waals surface area contributed by atoms with E-state index in [4.69, 9.17) is 4.43 Å². The SMILES string of the molecule is CCCCCCC(C(=O)O[Si](C)(C)C)c1ccccc1. The van der Waals surface area contributed by atoms with Gasteiger partial charge in [-0.15, -0.1) is 0 Å². The lowest BCUT2D eigenvalue weighted by Crippen LogP contribution is -2.32. The molecular weight excluding hydrogens is 264 g/mol. The van der Waals surface area contributed by atoms with Gasteiger partial charge in [0.2, 0.25) is 8.32 Å². The van der Waals surface area contributed by atoms with E-state index in [2.05, 4.69) is 26.6 Å². The molecule has 0 heterocycles. The largest absolute Gasteiger partial charge is 0.519 e. The summed E-state index contributed by atoms with van der Waals surface area (Å²) in [6, 6.07) is 10.1. The van der Waals surface area contributed by atoms with E-state index in [1.54, 1.807) is 0 Å². The number of hydrogen-bond acceptors (Lipinski definition) is 2. The van der Waals surface area contributed by atoms with Gasteiger partial charge in [0.05, 0.1) is 5.92 Å². The van der Waals surface area contributed by atoms with E-state index >= 15 is 0 Å². The van der Waals surface area contributed by atoms with Gasteiger partial charge in [-0.25, -0.2) is 0 Å². The fourth-order valence-corrected chi connectivity index (χ4v) is 3.00. The van der Waals surface area contributed by atoms with Crippen molar-refractivity contribution in [1.29, 1.82) is 0 Å². The first-order valence-electron chi connectivity index (χ1n) is 7.72. The normalized spacial score (nSPS) is 13.0. The van der Waals surface area contributed by atoms with E-state index < -0.39 is 8.32 Å². The molecule has 1 unspecified atom stereocenters. The smallest absolute Gasteiger partial charge is 0.300 e. The van der Waals surface area contributed by atoms with E-state index in [1.165, 1.54) is 19.3 Å². The van der Waals surface area contributed by atoms with Crippen molar-refractivity contribution in [3.05, 3.63) is 35.9 Å². The highest BCUT2D eigenvalue weighted by Crippen LogP contribution is 2.25. The van der Waals surface area contributed by atoms with Gasteiger partial charge >= 0.3 is 0 Å². The van der Waals surface area contributed by atoms with Crippen LogP contribution in [0.2, 0.25) is 19.6 Å². The Balaban J connectivity index is 2.71. The lowest BCUT2D eigenvalue weighted by molar-refractivity contribution is -0.137. The third kappa shape index (κ3) is 6.37. The van der Waals surface area contributed by atoms with Crippen LogP contribution in [0.25, 0.3) is 0 Å². The second kappa shape index (κ2) is 8.25. The van der Waals surface area contributed by atoms with Crippen LogP contribution in [0.1, 0.15) is 50.5 Å². The standard InChI is InChI=1S/C17H28O2Si/c1-5-6-7-11-14-16(15-12-9-8-10-13-15)17(18)19-20(2,3)4/h8-10,12-13,16H,5-7,11,14H2,1-4H3. The summed E-state index contributed by atoms with van der Waals surface area (Å²) in [5.74, 6) is -0.133. The Bertz CT molecular complexity index is 395. The van der Waals surface area contributed by atoms with Crippen LogP contribution in [0.15, 0.2) is 30.3 Å². The summed E-state index contributed by atoms with van der Waals surface area (Å²) in [4.78, 5) is 12.4. The van der Waals surface area contributed by atoms with Gasteiger partial charge in [-0.2, -0.15) is 0 Å². The molecular formula is C17H28O2Si. The molecule has 3 heteroatoms. The third-order valence-corrected chi connectivity index (χ3v) is 4.05. The number of carbonyl (C=O) groups is 1. The molecule has 112 valence electrons. The summed E-state index contributed by atoms with van der Waals surface area (Å²) >= 11 is 0. The van der Waals surface area contributed by atoms with Crippen LogP contribution in [0.4, 0.5) is 0 Å². The zero-order valence-corrected chi connectivity index (χ0v) is 14.3.